The number of amides is 1. The first-order valence-corrected chi connectivity index (χ1v) is 10.4. The highest BCUT2D eigenvalue weighted by atomic mass is 79.9. The number of nitrogens with one attached hydrogen (secondary N) is 1. The van der Waals surface area contributed by atoms with Crippen LogP contribution in [-0.4, -0.2) is 24.5 Å². The smallest absolute Gasteiger partial charge is 0.352 e. The molecule has 0 aliphatic heterocycles. The van der Waals surface area contributed by atoms with Crippen molar-refractivity contribution in [3.8, 4) is 17.6 Å². The second kappa shape index (κ2) is 11.8. The van der Waals surface area contributed by atoms with Crippen LogP contribution in [-0.2, 0) is 9.59 Å². The van der Waals surface area contributed by atoms with Gasteiger partial charge < -0.3 is 14.8 Å². The number of hydrogen-bond donors (Lipinski definition) is 1. The Bertz CT molecular complexity index is 948. The van der Waals surface area contributed by atoms with Crippen LogP contribution in [0.2, 0.25) is 0 Å². The molecule has 0 aromatic heterocycles. The predicted molar refractivity (Wildman–Crippen MR) is 118 cm³/mol. The highest BCUT2D eigenvalue weighted by Gasteiger charge is 2.17. The number of esters is 1. The molecule has 0 aliphatic rings. The summed E-state index contributed by atoms with van der Waals surface area (Å²) in [5.41, 5.74) is 0.669. The Labute approximate surface area is 184 Å². The first-order valence-electron chi connectivity index (χ1n) is 9.57. The lowest BCUT2D eigenvalue weighted by Crippen LogP contribution is -2.28. The maximum atomic E-state index is 12.3. The molecule has 1 atom stereocenters. The van der Waals surface area contributed by atoms with E-state index in [4.69, 9.17) is 9.47 Å². The molecule has 2 aromatic rings. The number of ether oxygens (including phenoxy) is 2. The zero-order chi connectivity index (χ0) is 21.9. The van der Waals surface area contributed by atoms with E-state index in [9.17, 15) is 14.9 Å². The van der Waals surface area contributed by atoms with Gasteiger partial charge >= 0.3 is 5.97 Å². The van der Waals surface area contributed by atoms with E-state index in [2.05, 4.69) is 21.2 Å². The molecular weight excluding hydrogens is 448 g/mol. The van der Waals surface area contributed by atoms with E-state index in [1.54, 1.807) is 43.3 Å². The van der Waals surface area contributed by atoms with Crippen LogP contribution in [0.3, 0.4) is 0 Å². The fourth-order valence-corrected chi connectivity index (χ4v) is 2.79. The Hall–Kier alpha value is -3.11. The monoisotopic (exact) mass is 470 g/mol. The summed E-state index contributed by atoms with van der Waals surface area (Å²) < 4.78 is 11.8. The molecule has 2 rings (SSSR count). The second-order valence-electron chi connectivity index (χ2n) is 6.49. The number of benzene rings is 2. The third kappa shape index (κ3) is 7.37. The molecule has 1 unspecified atom stereocenters. The number of nitrogens with zero attached hydrogens (tertiary/aromatic N) is 1. The Kier molecular flexibility index (Phi) is 9.10. The maximum Gasteiger partial charge on any atom is 0.352 e. The van der Waals surface area contributed by atoms with Crippen molar-refractivity contribution in [2.75, 3.05) is 6.54 Å². The molecule has 7 heteroatoms. The van der Waals surface area contributed by atoms with Crippen molar-refractivity contribution in [1.82, 2.24) is 5.32 Å². The van der Waals surface area contributed by atoms with Gasteiger partial charge in [0.25, 0.3) is 5.91 Å². The third-order valence-corrected chi connectivity index (χ3v) is 4.52. The number of halogens is 1. The number of rotatable bonds is 9. The van der Waals surface area contributed by atoms with Gasteiger partial charge in [-0.3, -0.25) is 4.79 Å². The van der Waals surface area contributed by atoms with Gasteiger partial charge in [-0.25, -0.2) is 4.79 Å². The SMILES string of the molecule is CCCCNC(=O)/C(C#N)=C/c1ccc(OC(=O)C(C)Oc2cccc(Br)c2)cc1. The quantitative estimate of drug-likeness (QED) is 0.189. The van der Waals surface area contributed by atoms with Crippen molar-refractivity contribution in [3.63, 3.8) is 0 Å². The molecule has 2 aromatic carbocycles. The van der Waals surface area contributed by atoms with E-state index in [1.807, 2.05) is 25.1 Å². The molecule has 0 saturated carbocycles. The molecule has 0 aliphatic carbocycles. The molecule has 0 saturated heterocycles. The zero-order valence-electron chi connectivity index (χ0n) is 16.9. The van der Waals surface area contributed by atoms with E-state index in [0.29, 0.717) is 23.6 Å². The number of nitriles is 1. The average molecular weight is 471 g/mol. The number of unbranched alkanes of at least 4 members (excludes halogenated alkanes) is 1. The summed E-state index contributed by atoms with van der Waals surface area (Å²) in [7, 11) is 0. The van der Waals surface area contributed by atoms with E-state index in [0.717, 1.165) is 17.3 Å². The molecule has 1 N–H and O–H groups in total. The lowest BCUT2D eigenvalue weighted by Gasteiger charge is -2.14. The minimum Gasteiger partial charge on any atom is -0.479 e. The van der Waals surface area contributed by atoms with Gasteiger partial charge in [-0.2, -0.15) is 5.26 Å². The lowest BCUT2D eigenvalue weighted by atomic mass is 10.1. The molecule has 0 radical (unpaired) electrons. The average Bonchev–Trinajstić information content (AvgIpc) is 2.73. The van der Waals surface area contributed by atoms with Gasteiger partial charge in [0.15, 0.2) is 6.10 Å². The number of hydrogen-bond acceptors (Lipinski definition) is 5. The Morgan fingerprint density at radius 3 is 2.57 bits per heavy atom. The molecule has 6 nitrogen and oxygen atoms in total. The lowest BCUT2D eigenvalue weighted by molar-refractivity contribution is -0.141. The van der Waals surface area contributed by atoms with Crippen molar-refractivity contribution in [3.05, 3.63) is 64.1 Å². The van der Waals surface area contributed by atoms with Gasteiger partial charge in [-0.05, 0) is 55.3 Å². The van der Waals surface area contributed by atoms with Crippen LogP contribution >= 0.6 is 15.9 Å². The van der Waals surface area contributed by atoms with Crippen molar-refractivity contribution in [2.24, 2.45) is 0 Å². The van der Waals surface area contributed by atoms with E-state index in [1.165, 1.54) is 6.08 Å². The first kappa shape index (κ1) is 23.2. The topological polar surface area (TPSA) is 88.4 Å². The van der Waals surface area contributed by atoms with Crippen LogP contribution in [0.4, 0.5) is 0 Å². The van der Waals surface area contributed by atoms with Crippen LogP contribution in [0.25, 0.3) is 6.08 Å². The van der Waals surface area contributed by atoms with E-state index < -0.39 is 18.0 Å². The maximum absolute atomic E-state index is 12.3. The van der Waals surface area contributed by atoms with Crippen molar-refractivity contribution < 1.29 is 19.1 Å². The molecule has 0 bridgehead atoms. The highest BCUT2D eigenvalue weighted by Crippen LogP contribution is 2.20. The van der Waals surface area contributed by atoms with Crippen molar-refractivity contribution in [2.45, 2.75) is 32.8 Å². The number of carbonyl (C=O) groups excluding carboxylic acids is 2. The first-order chi connectivity index (χ1) is 14.4. The summed E-state index contributed by atoms with van der Waals surface area (Å²) >= 11 is 3.35. The summed E-state index contributed by atoms with van der Waals surface area (Å²) in [6.07, 6.45) is 2.51. The molecule has 1 amide bonds. The summed E-state index contributed by atoms with van der Waals surface area (Å²) in [5, 5.41) is 11.9. The van der Waals surface area contributed by atoms with Crippen LogP contribution in [0.15, 0.2) is 58.6 Å². The number of carbonyl (C=O) groups is 2. The summed E-state index contributed by atoms with van der Waals surface area (Å²) in [5.74, 6) is -0.0467. The van der Waals surface area contributed by atoms with Crippen LogP contribution in [0, 0.1) is 11.3 Å². The fraction of sp³-hybridized carbons (Fsp3) is 0.261. The van der Waals surface area contributed by atoms with E-state index >= 15 is 0 Å². The van der Waals surface area contributed by atoms with Gasteiger partial charge in [-0.1, -0.05) is 47.5 Å². The molecule has 0 spiro atoms. The van der Waals surface area contributed by atoms with Crippen LogP contribution in [0.1, 0.15) is 32.3 Å². The van der Waals surface area contributed by atoms with Crippen LogP contribution < -0.4 is 14.8 Å². The Balaban J connectivity index is 1.96. The summed E-state index contributed by atoms with van der Waals surface area (Å²) in [6, 6.07) is 15.6. The second-order valence-corrected chi connectivity index (χ2v) is 7.40. The van der Waals surface area contributed by atoms with Gasteiger partial charge in [0, 0.05) is 11.0 Å². The molecular formula is C23H23BrN2O4. The largest absolute Gasteiger partial charge is 0.479 e. The van der Waals surface area contributed by atoms with Gasteiger partial charge in [-0.15, -0.1) is 0 Å². The molecule has 0 fully saturated rings. The van der Waals surface area contributed by atoms with Crippen molar-refractivity contribution >= 4 is 33.9 Å². The van der Waals surface area contributed by atoms with Gasteiger partial charge in [0.1, 0.15) is 23.1 Å². The van der Waals surface area contributed by atoms with Gasteiger partial charge in [0.2, 0.25) is 0 Å². The molecule has 156 valence electrons. The zero-order valence-corrected chi connectivity index (χ0v) is 18.4. The normalized spacial score (nSPS) is 11.9. The van der Waals surface area contributed by atoms with Crippen molar-refractivity contribution in [1.29, 1.82) is 5.26 Å². The van der Waals surface area contributed by atoms with Crippen LogP contribution in [0.5, 0.6) is 11.5 Å². The Morgan fingerprint density at radius 2 is 1.93 bits per heavy atom. The molecule has 0 heterocycles. The molecule has 30 heavy (non-hydrogen) atoms. The summed E-state index contributed by atoms with van der Waals surface area (Å²) in [4.78, 5) is 24.3. The highest BCUT2D eigenvalue weighted by molar-refractivity contribution is 9.10. The Morgan fingerprint density at radius 1 is 1.20 bits per heavy atom. The standard InChI is InChI=1S/C23H23BrN2O4/c1-3-4-12-26-22(27)18(15-25)13-17-8-10-20(11-9-17)30-23(28)16(2)29-21-7-5-6-19(24)14-21/h5-11,13-14,16H,3-4,12H2,1-2H3,(H,26,27)/b18-13+. The minimum absolute atomic E-state index is 0.0203. The van der Waals surface area contributed by atoms with Gasteiger partial charge in [0.05, 0.1) is 0 Å². The third-order valence-electron chi connectivity index (χ3n) is 4.03. The van der Waals surface area contributed by atoms with E-state index in [-0.39, 0.29) is 5.57 Å². The minimum atomic E-state index is -0.795. The predicted octanol–water partition coefficient (Wildman–Crippen LogP) is 4.65. The fourth-order valence-electron chi connectivity index (χ4n) is 2.41. The summed E-state index contributed by atoms with van der Waals surface area (Å²) in [6.45, 7) is 4.16.